The van der Waals surface area contributed by atoms with Crippen molar-refractivity contribution in [2.75, 3.05) is 0 Å². The Balaban J connectivity index is 4.64. The molecular formula is C10H9ClFNSi. The lowest BCUT2D eigenvalue weighted by Gasteiger charge is -2.01. The maximum atomic E-state index is 12.7. The summed E-state index contributed by atoms with van der Waals surface area (Å²) in [4.78, 5) is 2.69. The highest BCUT2D eigenvalue weighted by molar-refractivity contribution is 6.83. The highest BCUT2D eigenvalue weighted by Crippen LogP contribution is 2.10. The molecule has 0 rings (SSSR count). The van der Waals surface area contributed by atoms with Gasteiger partial charge in [0.05, 0.1) is 6.57 Å². The topological polar surface area (TPSA) is 4.36 Å². The predicted octanol–water partition coefficient (Wildman–Crippen LogP) is 3.17. The fourth-order valence-electron chi connectivity index (χ4n) is 0.406. The molecule has 14 heavy (non-hydrogen) atoms. The van der Waals surface area contributed by atoms with Crippen molar-refractivity contribution in [2.24, 2.45) is 0 Å². The van der Waals surface area contributed by atoms with Crippen LogP contribution in [0.3, 0.4) is 0 Å². The number of rotatable bonds is 0. The standard InChI is InChI=1S/C10H9ClFNSi/c1-13-10(11)9(12)7-5-6-8-14(2,3)4/h2-4H3/b10-9+. The highest BCUT2D eigenvalue weighted by Gasteiger charge is 2.06. The van der Waals surface area contributed by atoms with Gasteiger partial charge in [-0.1, -0.05) is 19.6 Å². The molecule has 0 aliphatic heterocycles. The lowest BCUT2D eigenvalue weighted by Crippen LogP contribution is -2.16. The largest absolute Gasteiger partial charge is 0.296 e. The van der Waals surface area contributed by atoms with E-state index in [1.807, 2.05) is 0 Å². The average Bonchev–Trinajstić information content (AvgIpc) is 2.09. The molecule has 0 aliphatic carbocycles. The first kappa shape index (κ1) is 12.8. The van der Waals surface area contributed by atoms with E-state index >= 15 is 0 Å². The molecule has 0 saturated heterocycles. The van der Waals surface area contributed by atoms with E-state index in [2.05, 4.69) is 47.8 Å². The molecule has 0 radical (unpaired) electrons. The molecule has 0 fully saturated rings. The summed E-state index contributed by atoms with van der Waals surface area (Å²) in [5.41, 5.74) is 2.94. The average molecular weight is 226 g/mol. The van der Waals surface area contributed by atoms with Crippen LogP contribution in [0.15, 0.2) is 11.0 Å². The Hall–Kier alpha value is -1.21. The predicted molar refractivity (Wildman–Crippen MR) is 59.5 cm³/mol. The summed E-state index contributed by atoms with van der Waals surface area (Å²) in [5.74, 6) is 6.02. The lowest BCUT2D eigenvalue weighted by molar-refractivity contribution is 0.673. The second kappa shape index (κ2) is 5.50. The summed E-state index contributed by atoms with van der Waals surface area (Å²) < 4.78 is 12.7. The minimum atomic E-state index is -1.46. The van der Waals surface area contributed by atoms with Crippen LogP contribution in [0.25, 0.3) is 4.85 Å². The van der Waals surface area contributed by atoms with E-state index in [0.29, 0.717) is 0 Å². The molecule has 0 aromatic rings. The van der Waals surface area contributed by atoms with Crippen molar-refractivity contribution in [1.29, 1.82) is 0 Å². The third-order valence-corrected chi connectivity index (χ3v) is 2.08. The number of halogens is 2. The molecule has 0 atom stereocenters. The van der Waals surface area contributed by atoms with Crippen molar-refractivity contribution in [3.05, 3.63) is 22.4 Å². The van der Waals surface area contributed by atoms with Gasteiger partial charge in [-0.3, -0.25) is 0 Å². The van der Waals surface area contributed by atoms with E-state index in [1.54, 1.807) is 0 Å². The second-order valence-corrected chi connectivity index (χ2v) is 8.57. The normalized spacial score (nSPS) is 11.1. The highest BCUT2D eigenvalue weighted by atomic mass is 35.5. The summed E-state index contributed by atoms with van der Waals surface area (Å²) >= 11 is 5.19. The molecule has 0 bridgehead atoms. The first-order valence-electron chi connectivity index (χ1n) is 3.83. The van der Waals surface area contributed by atoms with Crippen LogP contribution in [0.4, 0.5) is 4.39 Å². The monoisotopic (exact) mass is 225 g/mol. The van der Waals surface area contributed by atoms with Crippen molar-refractivity contribution in [2.45, 2.75) is 19.6 Å². The van der Waals surface area contributed by atoms with Crippen LogP contribution in [0.2, 0.25) is 19.6 Å². The molecule has 0 spiro atoms. The molecule has 0 heterocycles. The maximum absolute atomic E-state index is 12.7. The molecule has 0 N–H and O–H groups in total. The minimum Gasteiger partial charge on any atom is -0.221 e. The quantitative estimate of drug-likeness (QED) is 0.258. The minimum absolute atomic E-state index is 0.549. The Morgan fingerprint density at radius 3 is 2.36 bits per heavy atom. The van der Waals surface area contributed by atoms with Gasteiger partial charge in [0.25, 0.3) is 5.16 Å². The SMILES string of the molecule is [C-]#[N+]/C(Cl)=C(/F)C#CC#C[Si](C)(C)C. The van der Waals surface area contributed by atoms with Crippen molar-refractivity contribution in [3.8, 4) is 23.3 Å². The van der Waals surface area contributed by atoms with Crippen LogP contribution in [0, 0.1) is 29.9 Å². The fraction of sp³-hybridized carbons (Fsp3) is 0.300. The van der Waals surface area contributed by atoms with Crippen molar-refractivity contribution < 1.29 is 4.39 Å². The Labute approximate surface area is 89.8 Å². The lowest BCUT2D eigenvalue weighted by atomic mass is 10.5. The summed E-state index contributed by atoms with van der Waals surface area (Å²) in [6, 6.07) is 0. The van der Waals surface area contributed by atoms with Crippen molar-refractivity contribution in [1.82, 2.24) is 0 Å². The Bertz CT molecular complexity index is 404. The van der Waals surface area contributed by atoms with Gasteiger partial charge in [-0.25, -0.2) is 9.24 Å². The van der Waals surface area contributed by atoms with Gasteiger partial charge in [-0.05, 0) is 17.8 Å². The van der Waals surface area contributed by atoms with Gasteiger partial charge < -0.3 is 0 Å². The zero-order valence-electron chi connectivity index (χ0n) is 8.20. The summed E-state index contributed by atoms with van der Waals surface area (Å²) in [6.45, 7) is 12.6. The van der Waals surface area contributed by atoms with Gasteiger partial charge in [0, 0.05) is 0 Å². The summed E-state index contributed by atoms with van der Waals surface area (Å²) in [7, 11) is -1.46. The molecule has 0 saturated carbocycles. The smallest absolute Gasteiger partial charge is 0.221 e. The third kappa shape index (κ3) is 6.32. The molecule has 0 aliphatic rings. The molecule has 72 valence electrons. The zero-order valence-corrected chi connectivity index (χ0v) is 9.96. The summed E-state index contributed by atoms with van der Waals surface area (Å²) in [6.07, 6.45) is 0. The number of allylic oxidation sites excluding steroid dienone is 1. The first-order chi connectivity index (χ1) is 6.37. The number of hydrogen-bond donors (Lipinski definition) is 0. The van der Waals surface area contributed by atoms with Gasteiger partial charge in [0.2, 0.25) is 0 Å². The number of nitrogens with zero attached hydrogens (tertiary/aromatic N) is 1. The van der Waals surface area contributed by atoms with Crippen LogP contribution in [0.5, 0.6) is 0 Å². The Morgan fingerprint density at radius 1 is 1.36 bits per heavy atom. The van der Waals surface area contributed by atoms with Gasteiger partial charge in [0.15, 0.2) is 5.83 Å². The van der Waals surface area contributed by atoms with E-state index in [0.717, 1.165) is 0 Å². The maximum Gasteiger partial charge on any atom is 0.296 e. The van der Waals surface area contributed by atoms with Gasteiger partial charge in [0.1, 0.15) is 8.07 Å². The van der Waals surface area contributed by atoms with E-state index < -0.39 is 19.1 Å². The molecule has 0 aromatic carbocycles. The molecule has 0 amide bonds. The number of hydrogen-bond acceptors (Lipinski definition) is 0. The Kier molecular flexibility index (Phi) is 5.03. The van der Waals surface area contributed by atoms with Crippen LogP contribution in [-0.2, 0) is 0 Å². The van der Waals surface area contributed by atoms with Crippen LogP contribution < -0.4 is 0 Å². The van der Waals surface area contributed by atoms with Crippen LogP contribution >= 0.6 is 11.6 Å². The molecule has 0 aromatic heterocycles. The van der Waals surface area contributed by atoms with Crippen molar-refractivity contribution >= 4 is 19.7 Å². The van der Waals surface area contributed by atoms with Gasteiger partial charge in [-0.2, -0.15) is 0 Å². The van der Waals surface area contributed by atoms with Crippen LogP contribution in [0.1, 0.15) is 0 Å². The third-order valence-electron chi connectivity index (χ3n) is 0.952. The second-order valence-electron chi connectivity index (χ2n) is 3.47. The summed E-state index contributed by atoms with van der Waals surface area (Å²) in [5, 5.41) is -0.549. The molecule has 4 heteroatoms. The van der Waals surface area contributed by atoms with E-state index in [4.69, 9.17) is 18.2 Å². The fourth-order valence-corrected chi connectivity index (χ4v) is 0.890. The zero-order chi connectivity index (χ0) is 11.2. The van der Waals surface area contributed by atoms with Gasteiger partial charge in [-0.15, -0.1) is 17.1 Å². The molecule has 1 nitrogen and oxygen atoms in total. The molecular weight excluding hydrogens is 217 g/mol. The van der Waals surface area contributed by atoms with E-state index in [9.17, 15) is 4.39 Å². The molecule has 0 unspecified atom stereocenters. The Morgan fingerprint density at radius 2 is 1.93 bits per heavy atom. The van der Waals surface area contributed by atoms with Crippen LogP contribution in [-0.4, -0.2) is 8.07 Å². The van der Waals surface area contributed by atoms with E-state index in [-0.39, 0.29) is 0 Å². The van der Waals surface area contributed by atoms with E-state index in [1.165, 1.54) is 0 Å². The van der Waals surface area contributed by atoms with Gasteiger partial charge >= 0.3 is 0 Å². The first-order valence-corrected chi connectivity index (χ1v) is 7.70. The van der Waals surface area contributed by atoms with Crippen molar-refractivity contribution in [3.63, 3.8) is 0 Å².